The van der Waals surface area contributed by atoms with Crippen LogP contribution in [-0.4, -0.2) is 26.6 Å². The van der Waals surface area contributed by atoms with Gasteiger partial charge in [0.1, 0.15) is 11.3 Å². The molecule has 9 heteroatoms. The number of aromatic nitrogens is 1. The highest BCUT2D eigenvalue weighted by molar-refractivity contribution is 5.77. The van der Waals surface area contributed by atoms with E-state index in [1.54, 1.807) is 41.3 Å². The van der Waals surface area contributed by atoms with Gasteiger partial charge in [-0.2, -0.15) is 4.98 Å². The largest absolute Gasteiger partial charge is 0.478 e. The number of hydrogen-bond acceptors (Lipinski definition) is 7. The molecule has 0 aliphatic heterocycles. The van der Waals surface area contributed by atoms with Gasteiger partial charge < -0.3 is 19.2 Å². The highest BCUT2D eigenvalue weighted by Crippen LogP contribution is 2.30. The number of fused-ring (bicyclic) bond motifs is 1. The van der Waals surface area contributed by atoms with Crippen molar-refractivity contribution in [2.75, 3.05) is 4.90 Å². The predicted octanol–water partition coefficient (Wildman–Crippen LogP) is 5.18. The van der Waals surface area contributed by atoms with Crippen molar-refractivity contribution >= 4 is 28.8 Å². The number of ether oxygens (including phenoxy) is 1. The summed E-state index contributed by atoms with van der Waals surface area (Å²) in [4.78, 5) is 29.1. The van der Waals surface area contributed by atoms with Gasteiger partial charge in [-0.05, 0) is 32.0 Å². The molecule has 0 spiro atoms. The monoisotopic (exact) mass is 461 g/mol. The Labute approximate surface area is 195 Å². The maximum Gasteiger partial charge on any atom is 0.347 e. The SMILES string of the molecule is CC(C)(Oc1ccccc1CN(Cc1ccccc1[N+](=O)[O-])c1nc2ccccc2o1)C(=O)O. The van der Waals surface area contributed by atoms with E-state index in [0.29, 0.717) is 28.0 Å². The van der Waals surface area contributed by atoms with E-state index in [2.05, 4.69) is 4.98 Å². The molecule has 0 saturated carbocycles. The van der Waals surface area contributed by atoms with E-state index in [-0.39, 0.29) is 24.8 Å². The Morgan fingerprint density at radius 2 is 1.65 bits per heavy atom. The number of aliphatic carboxylic acids is 1. The van der Waals surface area contributed by atoms with Crippen molar-refractivity contribution in [3.63, 3.8) is 0 Å². The number of benzene rings is 3. The third-order valence-corrected chi connectivity index (χ3v) is 5.32. The Morgan fingerprint density at radius 1 is 1.03 bits per heavy atom. The van der Waals surface area contributed by atoms with Crippen LogP contribution in [0.4, 0.5) is 11.7 Å². The maximum atomic E-state index is 11.6. The molecule has 4 aromatic rings. The van der Waals surface area contributed by atoms with Crippen LogP contribution in [0.5, 0.6) is 5.75 Å². The Bertz CT molecular complexity index is 1310. The summed E-state index contributed by atoms with van der Waals surface area (Å²) in [5.74, 6) is -0.711. The molecular weight excluding hydrogens is 438 g/mol. The molecular formula is C25H23N3O6. The number of hydrogen-bond donors (Lipinski definition) is 1. The van der Waals surface area contributed by atoms with Gasteiger partial charge in [0.15, 0.2) is 11.2 Å². The third kappa shape index (κ3) is 4.83. The van der Waals surface area contributed by atoms with Gasteiger partial charge in [-0.15, -0.1) is 0 Å². The van der Waals surface area contributed by atoms with Crippen molar-refractivity contribution in [3.8, 4) is 5.75 Å². The molecule has 3 aromatic carbocycles. The molecule has 34 heavy (non-hydrogen) atoms. The first kappa shape index (κ1) is 22.8. The molecule has 0 radical (unpaired) electrons. The zero-order valence-corrected chi connectivity index (χ0v) is 18.7. The topological polar surface area (TPSA) is 119 Å². The van der Waals surface area contributed by atoms with Gasteiger partial charge in [0.2, 0.25) is 0 Å². The molecule has 1 N–H and O–H groups in total. The van der Waals surface area contributed by atoms with Crippen LogP contribution < -0.4 is 9.64 Å². The summed E-state index contributed by atoms with van der Waals surface area (Å²) in [5.41, 5.74) is 0.941. The molecule has 0 amide bonds. The normalized spacial score (nSPS) is 11.4. The molecule has 0 saturated heterocycles. The number of nitro benzene ring substituents is 1. The molecule has 0 atom stereocenters. The number of nitro groups is 1. The summed E-state index contributed by atoms with van der Waals surface area (Å²) in [6.45, 7) is 3.29. The Balaban J connectivity index is 1.74. The molecule has 174 valence electrons. The number of oxazole rings is 1. The van der Waals surface area contributed by atoms with E-state index in [1.807, 2.05) is 30.3 Å². The van der Waals surface area contributed by atoms with Crippen LogP contribution in [-0.2, 0) is 17.9 Å². The maximum absolute atomic E-state index is 11.6. The second kappa shape index (κ2) is 9.22. The molecule has 0 bridgehead atoms. The van der Waals surface area contributed by atoms with Crippen molar-refractivity contribution < 1.29 is 24.0 Å². The zero-order valence-electron chi connectivity index (χ0n) is 18.7. The number of nitrogens with zero attached hydrogens (tertiary/aromatic N) is 3. The zero-order chi connectivity index (χ0) is 24.3. The van der Waals surface area contributed by atoms with Crippen molar-refractivity contribution in [2.45, 2.75) is 32.5 Å². The van der Waals surface area contributed by atoms with E-state index >= 15 is 0 Å². The lowest BCUT2D eigenvalue weighted by Gasteiger charge is -2.26. The first-order valence-corrected chi connectivity index (χ1v) is 10.6. The number of carboxylic acids is 1. The Hall–Kier alpha value is -4.40. The minimum Gasteiger partial charge on any atom is -0.478 e. The fourth-order valence-corrected chi connectivity index (χ4v) is 3.47. The lowest BCUT2D eigenvalue weighted by atomic mass is 10.1. The predicted molar refractivity (Wildman–Crippen MR) is 126 cm³/mol. The summed E-state index contributed by atoms with van der Waals surface area (Å²) in [5, 5.41) is 21.1. The summed E-state index contributed by atoms with van der Waals surface area (Å²) >= 11 is 0. The second-order valence-electron chi connectivity index (χ2n) is 8.23. The fraction of sp³-hybridized carbons (Fsp3) is 0.200. The lowest BCUT2D eigenvalue weighted by Crippen LogP contribution is -2.38. The molecule has 0 aliphatic rings. The van der Waals surface area contributed by atoms with E-state index in [1.165, 1.54) is 19.9 Å². The summed E-state index contributed by atoms with van der Waals surface area (Å²) in [6.07, 6.45) is 0. The highest BCUT2D eigenvalue weighted by Gasteiger charge is 2.30. The number of carbonyl (C=O) groups is 1. The van der Waals surface area contributed by atoms with Crippen LogP contribution >= 0.6 is 0 Å². The van der Waals surface area contributed by atoms with Gasteiger partial charge in [0, 0.05) is 17.2 Å². The number of para-hydroxylation sites is 4. The van der Waals surface area contributed by atoms with E-state index in [9.17, 15) is 20.0 Å². The van der Waals surface area contributed by atoms with E-state index in [4.69, 9.17) is 9.15 Å². The van der Waals surface area contributed by atoms with Crippen LogP contribution in [0, 0.1) is 10.1 Å². The van der Waals surface area contributed by atoms with Gasteiger partial charge in [-0.25, -0.2) is 4.79 Å². The van der Waals surface area contributed by atoms with Crippen LogP contribution in [0.1, 0.15) is 25.0 Å². The van der Waals surface area contributed by atoms with Crippen molar-refractivity contribution in [3.05, 3.63) is 94.0 Å². The first-order chi connectivity index (χ1) is 16.2. The van der Waals surface area contributed by atoms with E-state index < -0.39 is 16.5 Å². The van der Waals surface area contributed by atoms with Crippen LogP contribution in [0.15, 0.2) is 77.2 Å². The lowest BCUT2D eigenvalue weighted by molar-refractivity contribution is -0.385. The number of carboxylic acid groups (broad SMARTS) is 1. The number of anilines is 1. The standard InChI is InChI=1S/C25H23N3O6/c1-25(2,23(29)30)34-21-13-7-4-10-18(21)16-27(15-17-9-3-6-12-20(17)28(31)32)24-26-19-11-5-8-14-22(19)33-24/h3-14H,15-16H2,1-2H3,(H,29,30). The van der Waals surface area contributed by atoms with Crippen molar-refractivity contribution in [2.24, 2.45) is 0 Å². The Kier molecular flexibility index (Phi) is 6.18. The van der Waals surface area contributed by atoms with Gasteiger partial charge in [0.05, 0.1) is 18.0 Å². The molecule has 0 unspecified atom stereocenters. The molecule has 1 aromatic heterocycles. The first-order valence-electron chi connectivity index (χ1n) is 10.6. The smallest absolute Gasteiger partial charge is 0.347 e. The van der Waals surface area contributed by atoms with Gasteiger partial charge in [0.25, 0.3) is 11.7 Å². The van der Waals surface area contributed by atoms with Crippen LogP contribution in [0.2, 0.25) is 0 Å². The molecule has 4 rings (SSSR count). The Morgan fingerprint density at radius 3 is 2.35 bits per heavy atom. The fourth-order valence-electron chi connectivity index (χ4n) is 3.47. The quantitative estimate of drug-likeness (QED) is 0.267. The average Bonchev–Trinajstić information content (AvgIpc) is 3.24. The highest BCUT2D eigenvalue weighted by atomic mass is 16.6. The van der Waals surface area contributed by atoms with Gasteiger partial charge in [-0.3, -0.25) is 10.1 Å². The number of rotatable bonds is 9. The van der Waals surface area contributed by atoms with Gasteiger partial charge >= 0.3 is 5.97 Å². The van der Waals surface area contributed by atoms with Gasteiger partial charge in [-0.1, -0.05) is 48.5 Å². The second-order valence-corrected chi connectivity index (χ2v) is 8.23. The molecule has 0 fully saturated rings. The minimum atomic E-state index is -1.45. The third-order valence-electron chi connectivity index (χ3n) is 5.32. The molecule has 9 nitrogen and oxygen atoms in total. The van der Waals surface area contributed by atoms with Crippen molar-refractivity contribution in [1.82, 2.24) is 4.98 Å². The van der Waals surface area contributed by atoms with E-state index in [0.717, 1.165) is 0 Å². The van der Waals surface area contributed by atoms with Crippen LogP contribution in [0.25, 0.3) is 11.1 Å². The van der Waals surface area contributed by atoms with Crippen molar-refractivity contribution in [1.29, 1.82) is 0 Å². The summed E-state index contributed by atoms with van der Waals surface area (Å²) in [6, 6.07) is 21.1. The summed E-state index contributed by atoms with van der Waals surface area (Å²) in [7, 11) is 0. The van der Waals surface area contributed by atoms with Crippen LogP contribution in [0.3, 0.4) is 0 Å². The molecule has 0 aliphatic carbocycles. The average molecular weight is 461 g/mol. The summed E-state index contributed by atoms with van der Waals surface area (Å²) < 4.78 is 11.8. The molecule has 1 heterocycles. The minimum absolute atomic E-state index is 0.0137.